The molecule has 3 heterocycles. The molecule has 1 aromatic rings. The van der Waals surface area contributed by atoms with Crippen LogP contribution in [-0.4, -0.2) is 65.4 Å². The molecule has 0 bridgehead atoms. The molecule has 27 heavy (non-hydrogen) atoms. The number of piperidine rings is 1. The Morgan fingerprint density at radius 2 is 1.96 bits per heavy atom. The maximum absolute atomic E-state index is 12.8. The Morgan fingerprint density at radius 1 is 1.19 bits per heavy atom. The number of rotatable bonds is 2. The number of nitrogens with zero attached hydrogens (tertiary/aromatic N) is 3. The molecule has 150 valence electrons. The van der Waals surface area contributed by atoms with E-state index >= 15 is 0 Å². The van der Waals surface area contributed by atoms with Gasteiger partial charge in [0.2, 0.25) is 11.8 Å². The highest BCUT2D eigenvalue weighted by atomic mass is 32.1. The first kappa shape index (κ1) is 20.3. The van der Waals surface area contributed by atoms with Crippen LogP contribution in [0.5, 0.6) is 0 Å². The van der Waals surface area contributed by atoms with Gasteiger partial charge < -0.3 is 10.2 Å². The number of hydrogen-bond acceptors (Lipinski definition) is 5. The van der Waals surface area contributed by atoms with Gasteiger partial charge in [-0.25, -0.2) is 4.98 Å². The van der Waals surface area contributed by atoms with Crippen molar-refractivity contribution in [3.63, 3.8) is 0 Å². The summed E-state index contributed by atoms with van der Waals surface area (Å²) in [5.74, 6) is 0.354. The third-order valence-electron chi connectivity index (χ3n) is 5.57. The zero-order valence-electron chi connectivity index (χ0n) is 16.4. The Bertz CT molecular complexity index is 633. The number of amides is 2. The predicted molar refractivity (Wildman–Crippen MR) is 108 cm³/mol. The normalized spacial score (nSPS) is 23.5. The van der Waals surface area contributed by atoms with E-state index in [1.54, 1.807) is 11.3 Å². The zero-order valence-corrected chi connectivity index (χ0v) is 17.2. The van der Waals surface area contributed by atoms with Gasteiger partial charge in [-0.05, 0) is 45.6 Å². The molecule has 1 N–H and O–H groups in total. The van der Waals surface area contributed by atoms with E-state index in [4.69, 9.17) is 0 Å². The van der Waals surface area contributed by atoms with E-state index in [1.807, 2.05) is 17.2 Å². The average molecular weight is 393 g/mol. The highest BCUT2D eigenvalue weighted by Gasteiger charge is 2.25. The number of aromatic nitrogens is 1. The van der Waals surface area contributed by atoms with E-state index in [1.165, 1.54) is 12.8 Å². The van der Waals surface area contributed by atoms with Gasteiger partial charge in [-0.15, -0.1) is 11.3 Å². The van der Waals surface area contributed by atoms with Crippen molar-refractivity contribution in [1.82, 2.24) is 20.1 Å². The first-order valence-electron chi connectivity index (χ1n) is 10.3. The van der Waals surface area contributed by atoms with Crippen LogP contribution in [0.1, 0.15) is 55.6 Å². The summed E-state index contributed by atoms with van der Waals surface area (Å²) >= 11 is 1.60. The summed E-state index contributed by atoms with van der Waals surface area (Å²) in [6.07, 6.45) is 7.36. The number of nitrogens with one attached hydrogen (secondary N) is 1. The molecule has 1 aromatic heterocycles. The van der Waals surface area contributed by atoms with Crippen molar-refractivity contribution in [2.75, 3.05) is 32.7 Å². The molecule has 6 nitrogen and oxygen atoms in total. The molecule has 2 saturated heterocycles. The van der Waals surface area contributed by atoms with E-state index in [2.05, 4.69) is 15.2 Å². The molecular weight excluding hydrogens is 360 g/mol. The minimum Gasteiger partial charge on any atom is -0.356 e. The number of thiazole rings is 1. The predicted octanol–water partition coefficient (Wildman–Crippen LogP) is 2.37. The molecule has 7 heteroatoms. The fourth-order valence-corrected chi connectivity index (χ4v) is 4.72. The van der Waals surface area contributed by atoms with Crippen molar-refractivity contribution in [3.8, 4) is 0 Å². The lowest BCUT2D eigenvalue weighted by Gasteiger charge is -2.35. The second-order valence-corrected chi connectivity index (χ2v) is 8.78. The van der Waals surface area contributed by atoms with Crippen LogP contribution in [0, 0.1) is 6.92 Å². The van der Waals surface area contributed by atoms with Gasteiger partial charge in [0.15, 0.2) is 0 Å². The molecule has 2 aliphatic heterocycles. The fourth-order valence-electron chi connectivity index (χ4n) is 4.11. The summed E-state index contributed by atoms with van der Waals surface area (Å²) < 4.78 is 0. The standard InChI is InChI=1S/C20H32N4O2S/c1-16-22-17(15-27-16)13-20(26)24-10-5-3-8-21-19(25)14-18-7-2-4-9-23(18)11-6-12-24/h15,18H,2-14H2,1H3,(H,21,25). The van der Waals surface area contributed by atoms with Crippen LogP contribution in [0.3, 0.4) is 0 Å². The van der Waals surface area contributed by atoms with Gasteiger partial charge >= 0.3 is 0 Å². The summed E-state index contributed by atoms with van der Waals surface area (Å²) in [4.78, 5) is 33.9. The van der Waals surface area contributed by atoms with Crippen LogP contribution >= 0.6 is 11.3 Å². The van der Waals surface area contributed by atoms with Gasteiger partial charge in [-0.1, -0.05) is 6.42 Å². The quantitative estimate of drug-likeness (QED) is 0.839. The average Bonchev–Trinajstić information content (AvgIpc) is 3.05. The van der Waals surface area contributed by atoms with E-state index in [-0.39, 0.29) is 11.8 Å². The van der Waals surface area contributed by atoms with Gasteiger partial charge in [0, 0.05) is 44.0 Å². The Hall–Kier alpha value is -1.47. The summed E-state index contributed by atoms with van der Waals surface area (Å²) in [6, 6.07) is 0.363. The fraction of sp³-hybridized carbons (Fsp3) is 0.750. The lowest BCUT2D eigenvalue weighted by Crippen LogP contribution is -2.44. The SMILES string of the molecule is Cc1nc(CC(=O)N2CCCCNC(=O)CC3CCCCN3CCC2)cs1. The molecule has 0 saturated carbocycles. The molecule has 1 atom stereocenters. The number of carbonyl (C=O) groups is 2. The van der Waals surface area contributed by atoms with Gasteiger partial charge in [-0.3, -0.25) is 14.5 Å². The van der Waals surface area contributed by atoms with Gasteiger partial charge in [0.25, 0.3) is 0 Å². The van der Waals surface area contributed by atoms with E-state index in [0.717, 1.165) is 62.6 Å². The molecule has 2 amide bonds. The van der Waals surface area contributed by atoms with Crippen LogP contribution in [0.15, 0.2) is 5.38 Å². The summed E-state index contributed by atoms with van der Waals surface area (Å²) in [5, 5.41) is 6.06. The Balaban J connectivity index is 1.60. The number of carbonyl (C=O) groups excluding carboxylic acids is 2. The van der Waals surface area contributed by atoms with Crippen molar-refractivity contribution >= 4 is 23.2 Å². The second-order valence-electron chi connectivity index (χ2n) is 7.72. The van der Waals surface area contributed by atoms with Crippen LogP contribution in [0.4, 0.5) is 0 Å². The summed E-state index contributed by atoms with van der Waals surface area (Å²) in [6.45, 7) is 6.29. The molecular formula is C20H32N4O2S. The van der Waals surface area contributed by atoms with E-state index in [0.29, 0.717) is 25.4 Å². The van der Waals surface area contributed by atoms with Gasteiger partial charge in [-0.2, -0.15) is 0 Å². The smallest absolute Gasteiger partial charge is 0.228 e. The molecule has 0 spiro atoms. The maximum atomic E-state index is 12.8. The molecule has 3 rings (SSSR count). The van der Waals surface area contributed by atoms with Crippen molar-refractivity contribution < 1.29 is 9.59 Å². The third kappa shape index (κ3) is 6.28. The van der Waals surface area contributed by atoms with E-state index < -0.39 is 0 Å². The number of fused-ring (bicyclic) bond motifs is 1. The van der Waals surface area contributed by atoms with Crippen LogP contribution in [0.25, 0.3) is 0 Å². The Labute approximate surface area is 166 Å². The van der Waals surface area contributed by atoms with Crippen LogP contribution < -0.4 is 5.32 Å². The van der Waals surface area contributed by atoms with Crippen molar-refractivity contribution in [1.29, 1.82) is 0 Å². The molecule has 1 unspecified atom stereocenters. The monoisotopic (exact) mass is 392 g/mol. The van der Waals surface area contributed by atoms with Crippen molar-refractivity contribution in [3.05, 3.63) is 16.1 Å². The number of aryl methyl sites for hydroxylation is 1. The van der Waals surface area contributed by atoms with Crippen molar-refractivity contribution in [2.45, 2.75) is 64.3 Å². The largest absolute Gasteiger partial charge is 0.356 e. The third-order valence-corrected chi connectivity index (χ3v) is 6.39. The highest BCUT2D eigenvalue weighted by Crippen LogP contribution is 2.20. The lowest BCUT2D eigenvalue weighted by molar-refractivity contribution is -0.130. The molecule has 2 aliphatic rings. The van der Waals surface area contributed by atoms with Crippen LogP contribution in [-0.2, 0) is 16.0 Å². The number of hydrogen-bond donors (Lipinski definition) is 1. The molecule has 2 fully saturated rings. The highest BCUT2D eigenvalue weighted by molar-refractivity contribution is 7.09. The second kappa shape index (κ2) is 10.2. The Kier molecular flexibility index (Phi) is 7.64. The zero-order chi connectivity index (χ0) is 19.1. The first-order chi connectivity index (χ1) is 13.1. The van der Waals surface area contributed by atoms with Gasteiger partial charge in [0.05, 0.1) is 17.1 Å². The van der Waals surface area contributed by atoms with Crippen molar-refractivity contribution in [2.24, 2.45) is 0 Å². The minimum atomic E-state index is 0.175. The maximum Gasteiger partial charge on any atom is 0.228 e. The minimum absolute atomic E-state index is 0.175. The molecule has 0 aliphatic carbocycles. The topological polar surface area (TPSA) is 65.5 Å². The van der Waals surface area contributed by atoms with Crippen LogP contribution in [0.2, 0.25) is 0 Å². The Morgan fingerprint density at radius 3 is 2.78 bits per heavy atom. The lowest BCUT2D eigenvalue weighted by atomic mass is 9.98. The van der Waals surface area contributed by atoms with Gasteiger partial charge in [0.1, 0.15) is 0 Å². The molecule has 0 radical (unpaired) electrons. The summed E-state index contributed by atoms with van der Waals surface area (Å²) in [7, 11) is 0. The summed E-state index contributed by atoms with van der Waals surface area (Å²) in [5.41, 5.74) is 0.883. The molecule has 0 aromatic carbocycles. The first-order valence-corrected chi connectivity index (χ1v) is 11.2. The van der Waals surface area contributed by atoms with E-state index in [9.17, 15) is 9.59 Å².